The summed E-state index contributed by atoms with van der Waals surface area (Å²) in [5, 5.41) is 20.3. The number of hydrogen-bond acceptors (Lipinski definition) is 6. The molecule has 1 aromatic carbocycles. The summed E-state index contributed by atoms with van der Waals surface area (Å²) in [5.74, 6) is -0.991. The van der Waals surface area contributed by atoms with Gasteiger partial charge in [0.1, 0.15) is 5.01 Å². The number of β-amino-alcohol motifs (C(OH)–C–C–N with tert-alkyl or cyclic N) is 1. The lowest BCUT2D eigenvalue weighted by atomic mass is 10.1. The Morgan fingerprint density at radius 3 is 2.62 bits per heavy atom. The number of carboxylic acids is 1. The zero-order valence-corrected chi connectivity index (χ0v) is 14.2. The fourth-order valence-electron chi connectivity index (χ4n) is 2.88. The largest absolute Gasteiger partial charge is 0.476 e. The number of aliphatic hydroxyl groups is 1. The van der Waals surface area contributed by atoms with Crippen LogP contribution in [0.3, 0.4) is 0 Å². The minimum Gasteiger partial charge on any atom is -0.476 e. The van der Waals surface area contributed by atoms with E-state index in [0.717, 1.165) is 49.8 Å². The van der Waals surface area contributed by atoms with E-state index in [1.54, 1.807) is 5.38 Å². The molecule has 0 bridgehead atoms. The molecular formula is C17H21N3O3S. The number of hydrogen-bond donors (Lipinski definition) is 2. The third-order valence-corrected chi connectivity index (χ3v) is 5.08. The van der Waals surface area contributed by atoms with Gasteiger partial charge in [0.05, 0.1) is 6.61 Å². The molecule has 1 aliphatic rings. The molecule has 1 aromatic heterocycles. The lowest BCUT2D eigenvalue weighted by Gasteiger charge is -2.34. The van der Waals surface area contributed by atoms with E-state index >= 15 is 0 Å². The zero-order valence-electron chi connectivity index (χ0n) is 13.4. The normalized spacial score (nSPS) is 16.4. The maximum Gasteiger partial charge on any atom is 0.355 e. The molecule has 24 heavy (non-hydrogen) atoms. The first-order valence-electron chi connectivity index (χ1n) is 7.99. The Morgan fingerprint density at radius 2 is 1.96 bits per heavy atom. The highest BCUT2D eigenvalue weighted by atomic mass is 32.1. The number of nitrogens with zero attached hydrogens (tertiary/aromatic N) is 3. The van der Waals surface area contributed by atoms with Crippen molar-refractivity contribution in [2.24, 2.45) is 0 Å². The molecule has 6 nitrogen and oxygen atoms in total. The number of aliphatic hydroxyl groups excluding tert-OH is 1. The van der Waals surface area contributed by atoms with Crippen molar-refractivity contribution >= 4 is 17.3 Å². The highest BCUT2D eigenvalue weighted by molar-refractivity contribution is 7.13. The molecule has 0 unspecified atom stereocenters. The Labute approximate surface area is 145 Å². The minimum atomic E-state index is -0.991. The maximum atomic E-state index is 11.0. The Morgan fingerprint density at radius 1 is 1.21 bits per heavy atom. The first-order chi connectivity index (χ1) is 11.7. The van der Waals surface area contributed by atoms with Gasteiger partial charge in [-0.2, -0.15) is 0 Å². The summed E-state index contributed by atoms with van der Waals surface area (Å²) >= 11 is 1.36. The summed E-state index contributed by atoms with van der Waals surface area (Å²) in [6, 6.07) is 8.14. The molecule has 0 radical (unpaired) electrons. The molecule has 0 atom stereocenters. The highest BCUT2D eigenvalue weighted by Crippen LogP contribution is 2.25. The van der Waals surface area contributed by atoms with Crippen LogP contribution >= 0.6 is 11.3 Å². The molecule has 128 valence electrons. The van der Waals surface area contributed by atoms with Gasteiger partial charge >= 0.3 is 5.97 Å². The van der Waals surface area contributed by atoms with Gasteiger partial charge in [-0.1, -0.05) is 18.2 Å². The first kappa shape index (κ1) is 17.0. The van der Waals surface area contributed by atoms with E-state index in [0.29, 0.717) is 0 Å². The average molecular weight is 347 g/mol. The summed E-state index contributed by atoms with van der Waals surface area (Å²) in [6.07, 6.45) is 0. The number of aromatic carboxylic acids is 1. The van der Waals surface area contributed by atoms with Gasteiger partial charge in [0, 0.05) is 50.2 Å². The molecule has 2 heterocycles. The highest BCUT2D eigenvalue weighted by Gasteiger charge is 2.17. The van der Waals surface area contributed by atoms with Crippen LogP contribution in [0.1, 0.15) is 16.1 Å². The topological polar surface area (TPSA) is 76.9 Å². The minimum absolute atomic E-state index is 0.0976. The van der Waals surface area contributed by atoms with Gasteiger partial charge in [-0.25, -0.2) is 9.78 Å². The summed E-state index contributed by atoms with van der Waals surface area (Å²) in [6.45, 7) is 5.78. The third kappa shape index (κ3) is 4.18. The Balaban J connectivity index is 1.64. The van der Waals surface area contributed by atoms with Crippen LogP contribution in [0.2, 0.25) is 0 Å². The van der Waals surface area contributed by atoms with E-state index in [1.165, 1.54) is 16.9 Å². The van der Waals surface area contributed by atoms with Crippen LogP contribution in [0.5, 0.6) is 0 Å². The number of thiazole rings is 1. The van der Waals surface area contributed by atoms with Crippen LogP contribution < -0.4 is 0 Å². The molecule has 0 spiro atoms. The Bertz CT molecular complexity index is 696. The zero-order chi connectivity index (χ0) is 16.9. The van der Waals surface area contributed by atoms with Gasteiger partial charge in [0.15, 0.2) is 5.69 Å². The molecule has 1 aliphatic heterocycles. The quantitative estimate of drug-likeness (QED) is 0.827. The predicted octanol–water partition coefficient (Wildman–Crippen LogP) is 1.62. The number of rotatable bonds is 6. The lowest BCUT2D eigenvalue weighted by Crippen LogP contribution is -2.46. The Hall–Kier alpha value is -1.80. The van der Waals surface area contributed by atoms with E-state index < -0.39 is 5.97 Å². The Kier molecular flexibility index (Phi) is 5.57. The number of carboxylic acid groups (broad SMARTS) is 1. The van der Waals surface area contributed by atoms with E-state index in [4.69, 9.17) is 10.2 Å². The van der Waals surface area contributed by atoms with Crippen molar-refractivity contribution in [2.45, 2.75) is 6.54 Å². The number of piperazine rings is 1. The van der Waals surface area contributed by atoms with Crippen LogP contribution in [0.15, 0.2) is 29.6 Å². The van der Waals surface area contributed by atoms with Crippen molar-refractivity contribution in [1.82, 2.24) is 14.8 Å². The molecule has 2 aromatic rings. The second kappa shape index (κ2) is 7.85. The van der Waals surface area contributed by atoms with Crippen LogP contribution in [0, 0.1) is 0 Å². The molecular weight excluding hydrogens is 326 g/mol. The third-order valence-electron chi connectivity index (χ3n) is 4.18. The average Bonchev–Trinajstić information content (AvgIpc) is 3.08. The number of benzene rings is 1. The molecule has 0 aliphatic carbocycles. The van der Waals surface area contributed by atoms with Crippen molar-refractivity contribution in [3.05, 3.63) is 40.9 Å². The second-order valence-corrected chi connectivity index (χ2v) is 6.74. The fourth-order valence-corrected chi connectivity index (χ4v) is 3.67. The number of carbonyl (C=O) groups is 1. The summed E-state index contributed by atoms with van der Waals surface area (Å²) in [5.41, 5.74) is 2.26. The van der Waals surface area contributed by atoms with Gasteiger partial charge in [-0.15, -0.1) is 11.3 Å². The van der Waals surface area contributed by atoms with Gasteiger partial charge in [0.25, 0.3) is 0 Å². The van der Waals surface area contributed by atoms with Gasteiger partial charge in [-0.05, 0) is 11.6 Å². The monoisotopic (exact) mass is 347 g/mol. The van der Waals surface area contributed by atoms with Crippen molar-refractivity contribution in [3.63, 3.8) is 0 Å². The van der Waals surface area contributed by atoms with Crippen molar-refractivity contribution < 1.29 is 15.0 Å². The van der Waals surface area contributed by atoms with Crippen LogP contribution in [-0.4, -0.2) is 70.3 Å². The van der Waals surface area contributed by atoms with Crippen LogP contribution in [0.25, 0.3) is 10.6 Å². The molecule has 1 fully saturated rings. The van der Waals surface area contributed by atoms with Gasteiger partial charge in [0.2, 0.25) is 0 Å². The molecule has 7 heteroatoms. The second-order valence-electron chi connectivity index (χ2n) is 5.88. The molecule has 3 rings (SSSR count). The van der Waals surface area contributed by atoms with E-state index in [2.05, 4.69) is 26.9 Å². The molecule has 0 amide bonds. The van der Waals surface area contributed by atoms with Gasteiger partial charge in [-0.3, -0.25) is 9.80 Å². The summed E-state index contributed by atoms with van der Waals surface area (Å²) < 4.78 is 0. The maximum absolute atomic E-state index is 11.0. The smallest absolute Gasteiger partial charge is 0.355 e. The van der Waals surface area contributed by atoms with Crippen molar-refractivity contribution in [1.29, 1.82) is 0 Å². The van der Waals surface area contributed by atoms with Gasteiger partial charge < -0.3 is 10.2 Å². The summed E-state index contributed by atoms with van der Waals surface area (Å²) in [7, 11) is 0. The van der Waals surface area contributed by atoms with Crippen molar-refractivity contribution in [2.75, 3.05) is 39.3 Å². The van der Waals surface area contributed by atoms with Crippen LogP contribution in [-0.2, 0) is 6.54 Å². The van der Waals surface area contributed by atoms with E-state index in [-0.39, 0.29) is 12.3 Å². The molecule has 1 saturated heterocycles. The molecule has 2 N–H and O–H groups in total. The lowest BCUT2D eigenvalue weighted by molar-refractivity contribution is 0.0691. The first-order valence-corrected chi connectivity index (χ1v) is 8.87. The predicted molar refractivity (Wildman–Crippen MR) is 93.3 cm³/mol. The SMILES string of the molecule is O=C(O)c1csc(-c2cccc(CN3CCN(CCO)CC3)c2)n1. The van der Waals surface area contributed by atoms with E-state index in [1.807, 2.05) is 12.1 Å². The van der Waals surface area contributed by atoms with Crippen molar-refractivity contribution in [3.8, 4) is 10.6 Å². The number of aromatic nitrogens is 1. The van der Waals surface area contributed by atoms with Crippen LogP contribution in [0.4, 0.5) is 0 Å². The summed E-state index contributed by atoms with van der Waals surface area (Å²) in [4.78, 5) is 19.8. The standard InChI is InChI=1S/C17H21N3O3S/c21-9-8-19-4-6-20(7-5-19)11-13-2-1-3-14(10-13)16-18-15(12-24-16)17(22)23/h1-3,10,12,21H,4-9,11H2,(H,22,23). The fraction of sp³-hybridized carbons (Fsp3) is 0.412. The molecule has 0 saturated carbocycles. The van der Waals surface area contributed by atoms with E-state index in [9.17, 15) is 4.79 Å².